The van der Waals surface area contributed by atoms with Crippen molar-refractivity contribution in [3.8, 4) is 0 Å². The zero-order valence-electron chi connectivity index (χ0n) is 11.6. The molecule has 0 aliphatic heterocycles. The average molecular weight is 305 g/mol. The fourth-order valence-corrected chi connectivity index (χ4v) is 2.78. The number of H-pyrrole nitrogens is 1. The van der Waals surface area contributed by atoms with E-state index in [1.54, 1.807) is 0 Å². The van der Waals surface area contributed by atoms with Crippen LogP contribution >= 0.6 is 11.6 Å². The van der Waals surface area contributed by atoms with Crippen LogP contribution in [0.3, 0.4) is 0 Å². The first-order valence-electron chi connectivity index (χ1n) is 7.18. The first-order valence-corrected chi connectivity index (χ1v) is 7.56. The number of aromatic nitrogens is 1. The Kier molecular flexibility index (Phi) is 3.97. The van der Waals surface area contributed by atoms with Crippen molar-refractivity contribution in [3.63, 3.8) is 0 Å². The van der Waals surface area contributed by atoms with Gasteiger partial charge in [-0.15, -0.1) is 0 Å². The second-order valence-electron chi connectivity index (χ2n) is 5.57. The molecular formula is C16H17ClN2O2. The molecule has 0 atom stereocenters. The third-order valence-corrected chi connectivity index (χ3v) is 4.27. The van der Waals surface area contributed by atoms with Crippen molar-refractivity contribution in [1.29, 1.82) is 0 Å². The van der Waals surface area contributed by atoms with Crippen LogP contribution in [0.1, 0.15) is 24.8 Å². The minimum absolute atomic E-state index is 0.103. The number of carbonyl (C=O) groups is 2. The van der Waals surface area contributed by atoms with Gasteiger partial charge in [-0.3, -0.25) is 14.5 Å². The van der Waals surface area contributed by atoms with E-state index in [1.807, 2.05) is 24.4 Å². The summed E-state index contributed by atoms with van der Waals surface area (Å²) >= 11 is 6.12. The van der Waals surface area contributed by atoms with Crippen molar-refractivity contribution in [2.45, 2.75) is 25.7 Å². The van der Waals surface area contributed by atoms with Crippen LogP contribution in [0.2, 0.25) is 5.02 Å². The number of nitrogens with zero attached hydrogens (tertiary/aromatic N) is 1. The molecule has 4 nitrogen and oxygen atoms in total. The molecule has 1 aliphatic rings. The Morgan fingerprint density at radius 3 is 2.95 bits per heavy atom. The summed E-state index contributed by atoms with van der Waals surface area (Å²) in [6, 6.07) is 5.72. The second-order valence-corrected chi connectivity index (χ2v) is 5.98. The highest BCUT2D eigenvalue weighted by atomic mass is 35.5. The van der Waals surface area contributed by atoms with Crippen molar-refractivity contribution >= 4 is 34.8 Å². The molecule has 1 aromatic carbocycles. The van der Waals surface area contributed by atoms with Gasteiger partial charge in [-0.2, -0.15) is 0 Å². The first kappa shape index (κ1) is 14.1. The van der Waals surface area contributed by atoms with Gasteiger partial charge in [0.1, 0.15) is 0 Å². The van der Waals surface area contributed by atoms with Crippen LogP contribution in [0.5, 0.6) is 0 Å². The van der Waals surface area contributed by atoms with E-state index in [0.717, 1.165) is 29.3 Å². The van der Waals surface area contributed by atoms with Crippen LogP contribution < -0.4 is 0 Å². The molecule has 1 N–H and O–H groups in total. The average Bonchev–Trinajstić information content (AvgIpc) is 3.21. The van der Waals surface area contributed by atoms with Crippen LogP contribution in [0, 0.1) is 5.92 Å². The molecule has 1 aromatic heterocycles. The monoisotopic (exact) mass is 304 g/mol. The number of hydrogen-bond donors (Lipinski definition) is 1. The summed E-state index contributed by atoms with van der Waals surface area (Å²) in [5, 5.41) is 1.71. The van der Waals surface area contributed by atoms with Crippen molar-refractivity contribution in [1.82, 2.24) is 9.88 Å². The third kappa shape index (κ3) is 3.10. The molecule has 110 valence electrons. The quantitative estimate of drug-likeness (QED) is 0.834. The number of imide groups is 1. The van der Waals surface area contributed by atoms with E-state index in [9.17, 15) is 9.59 Å². The molecule has 0 unspecified atom stereocenters. The van der Waals surface area contributed by atoms with Crippen LogP contribution in [-0.2, 0) is 16.0 Å². The molecule has 2 amide bonds. The lowest BCUT2D eigenvalue weighted by atomic mass is 10.1. The van der Waals surface area contributed by atoms with E-state index in [1.165, 1.54) is 4.90 Å². The number of benzene rings is 1. The maximum atomic E-state index is 12.1. The normalized spacial score (nSPS) is 14.3. The molecule has 5 heteroatoms. The highest BCUT2D eigenvalue weighted by Gasteiger charge is 2.26. The van der Waals surface area contributed by atoms with Crippen molar-refractivity contribution in [2.24, 2.45) is 5.92 Å². The molecule has 1 saturated carbocycles. The lowest BCUT2D eigenvalue weighted by Gasteiger charge is -2.14. The van der Waals surface area contributed by atoms with E-state index in [0.29, 0.717) is 36.7 Å². The van der Waals surface area contributed by atoms with Crippen LogP contribution in [0.25, 0.3) is 10.9 Å². The molecule has 1 fully saturated rings. The Labute approximate surface area is 128 Å². The summed E-state index contributed by atoms with van der Waals surface area (Å²) in [4.78, 5) is 27.6. The fraction of sp³-hybridized carbons (Fsp3) is 0.375. The minimum atomic E-state index is -0.103. The van der Waals surface area contributed by atoms with Gasteiger partial charge in [0.25, 0.3) is 0 Å². The Balaban J connectivity index is 1.66. The zero-order chi connectivity index (χ0) is 14.8. The molecule has 1 aliphatic carbocycles. The molecule has 0 spiro atoms. The number of amides is 2. The van der Waals surface area contributed by atoms with Gasteiger partial charge in [-0.05, 0) is 36.8 Å². The molecule has 21 heavy (non-hydrogen) atoms. The number of fused-ring (bicyclic) bond motifs is 1. The highest BCUT2D eigenvalue weighted by molar-refractivity contribution is 6.35. The number of rotatable bonds is 6. The summed E-state index contributed by atoms with van der Waals surface area (Å²) in [5.41, 5.74) is 1.95. The number of aromatic amines is 1. The number of nitrogens with one attached hydrogen (secondary N) is 1. The van der Waals surface area contributed by atoms with E-state index in [-0.39, 0.29) is 5.91 Å². The van der Waals surface area contributed by atoms with E-state index < -0.39 is 0 Å². The van der Waals surface area contributed by atoms with E-state index in [4.69, 9.17) is 11.6 Å². The van der Waals surface area contributed by atoms with Crippen LogP contribution in [0.15, 0.2) is 24.4 Å². The van der Waals surface area contributed by atoms with Crippen molar-refractivity contribution < 1.29 is 9.59 Å². The van der Waals surface area contributed by atoms with E-state index >= 15 is 0 Å². The lowest BCUT2D eigenvalue weighted by molar-refractivity contribution is -0.138. The largest absolute Gasteiger partial charge is 0.360 e. The molecule has 3 rings (SSSR count). The van der Waals surface area contributed by atoms with Gasteiger partial charge in [-0.25, -0.2) is 0 Å². The summed E-state index contributed by atoms with van der Waals surface area (Å²) < 4.78 is 0. The van der Waals surface area contributed by atoms with Gasteiger partial charge in [0.15, 0.2) is 0 Å². The number of halogens is 1. The Bertz CT molecular complexity index is 676. The molecule has 2 aromatic rings. The van der Waals surface area contributed by atoms with Gasteiger partial charge >= 0.3 is 0 Å². The Morgan fingerprint density at radius 1 is 1.43 bits per heavy atom. The first-order chi connectivity index (χ1) is 10.2. The number of para-hydroxylation sites is 1. The summed E-state index contributed by atoms with van der Waals surface area (Å²) in [5.74, 6) is 0.416. The fourth-order valence-electron chi connectivity index (χ4n) is 2.55. The summed E-state index contributed by atoms with van der Waals surface area (Å²) in [6.45, 7) is 0.571. The Morgan fingerprint density at radius 2 is 2.24 bits per heavy atom. The zero-order valence-corrected chi connectivity index (χ0v) is 12.4. The molecular weight excluding hydrogens is 288 g/mol. The van der Waals surface area contributed by atoms with Crippen molar-refractivity contribution in [3.05, 3.63) is 35.0 Å². The third-order valence-electron chi connectivity index (χ3n) is 3.96. The van der Waals surface area contributed by atoms with E-state index in [2.05, 4.69) is 4.98 Å². The molecule has 0 radical (unpaired) electrons. The predicted octanol–water partition coefficient (Wildman–Crippen LogP) is 3.15. The molecule has 0 saturated heterocycles. The maximum absolute atomic E-state index is 12.1. The summed E-state index contributed by atoms with van der Waals surface area (Å²) in [7, 11) is 0. The Hall–Kier alpha value is -1.81. The number of carbonyl (C=O) groups excluding carboxylic acids is 2. The predicted molar refractivity (Wildman–Crippen MR) is 82.1 cm³/mol. The van der Waals surface area contributed by atoms with Gasteiger partial charge in [-0.1, -0.05) is 23.7 Å². The van der Waals surface area contributed by atoms with Crippen LogP contribution in [-0.4, -0.2) is 28.7 Å². The van der Waals surface area contributed by atoms with Crippen LogP contribution in [0.4, 0.5) is 0 Å². The smallest absolute Gasteiger partial charge is 0.229 e. The molecule has 1 heterocycles. The van der Waals surface area contributed by atoms with Gasteiger partial charge in [0, 0.05) is 24.5 Å². The lowest BCUT2D eigenvalue weighted by Crippen LogP contribution is -2.31. The minimum Gasteiger partial charge on any atom is -0.360 e. The van der Waals surface area contributed by atoms with Gasteiger partial charge < -0.3 is 4.98 Å². The maximum Gasteiger partial charge on any atom is 0.229 e. The highest BCUT2D eigenvalue weighted by Crippen LogP contribution is 2.30. The summed E-state index contributed by atoms with van der Waals surface area (Å²) in [6.07, 6.45) is 5.74. The van der Waals surface area contributed by atoms with Gasteiger partial charge in [0.2, 0.25) is 12.3 Å². The molecule has 0 bridgehead atoms. The standard InChI is InChI=1S/C16H17ClN2O2/c17-14-3-1-2-13-12(8-18-16(13)14)6-7-15(21)19(10-20)9-11-4-5-11/h1-3,8,10-11,18H,4-7,9H2. The van der Waals surface area contributed by atoms with Crippen molar-refractivity contribution in [2.75, 3.05) is 6.54 Å². The topological polar surface area (TPSA) is 53.2 Å². The number of aryl methyl sites for hydroxylation is 1. The SMILES string of the molecule is O=CN(CC1CC1)C(=O)CCc1c[nH]c2c(Cl)cccc12. The van der Waals surface area contributed by atoms with Gasteiger partial charge in [0.05, 0.1) is 10.5 Å². The number of hydrogen-bond acceptors (Lipinski definition) is 2. The second kappa shape index (κ2) is 5.90.